The Labute approximate surface area is 124 Å². The number of hydrogen-bond acceptors (Lipinski definition) is 2. The van der Waals surface area contributed by atoms with Crippen LogP contribution in [0.5, 0.6) is 0 Å². The highest BCUT2D eigenvalue weighted by Gasteiger charge is 2.13. The van der Waals surface area contributed by atoms with Crippen molar-refractivity contribution in [2.75, 3.05) is 6.54 Å². The van der Waals surface area contributed by atoms with Gasteiger partial charge in [0, 0.05) is 6.54 Å². The summed E-state index contributed by atoms with van der Waals surface area (Å²) in [5, 5.41) is 0. The largest absolute Gasteiger partial charge is 0.240 e. The Balaban J connectivity index is 1.95. The average Bonchev–Trinajstić information content (AvgIpc) is 2.48. The normalized spacial score (nSPS) is 11.5. The molecule has 2 rings (SSSR count). The number of aryl methyl sites for hydroxylation is 1. The summed E-state index contributed by atoms with van der Waals surface area (Å²) in [7, 11) is -3.66. The van der Waals surface area contributed by atoms with Gasteiger partial charge in [-0.15, -0.1) is 0 Å². The summed E-state index contributed by atoms with van der Waals surface area (Å²) < 4.78 is 39.5. The fourth-order valence-electron chi connectivity index (χ4n) is 1.99. The second-order valence-electron chi connectivity index (χ2n) is 4.78. The van der Waals surface area contributed by atoms with Crippen LogP contribution in [0.3, 0.4) is 0 Å². The Morgan fingerprint density at radius 1 is 1.05 bits per heavy atom. The van der Waals surface area contributed by atoms with Crippen molar-refractivity contribution >= 4 is 10.0 Å². The molecular weight excluding hydrogens is 289 g/mol. The van der Waals surface area contributed by atoms with Crippen molar-refractivity contribution in [3.63, 3.8) is 0 Å². The van der Waals surface area contributed by atoms with Crippen molar-refractivity contribution < 1.29 is 12.8 Å². The van der Waals surface area contributed by atoms with Crippen molar-refractivity contribution in [2.24, 2.45) is 0 Å². The molecule has 0 saturated carbocycles. The van der Waals surface area contributed by atoms with Gasteiger partial charge in [-0.2, -0.15) is 0 Å². The van der Waals surface area contributed by atoms with Gasteiger partial charge in [-0.25, -0.2) is 17.5 Å². The molecule has 0 aliphatic heterocycles. The minimum Gasteiger partial charge on any atom is -0.211 e. The Kier molecular flexibility index (Phi) is 5.09. The summed E-state index contributed by atoms with van der Waals surface area (Å²) in [6, 6.07) is 13.1. The van der Waals surface area contributed by atoms with Crippen molar-refractivity contribution in [3.8, 4) is 0 Å². The van der Waals surface area contributed by atoms with Crippen LogP contribution in [0.2, 0.25) is 0 Å². The van der Waals surface area contributed by atoms with E-state index in [4.69, 9.17) is 0 Å². The molecule has 112 valence electrons. The first kappa shape index (κ1) is 15.7. The lowest BCUT2D eigenvalue weighted by molar-refractivity contribution is 0.577. The molecule has 1 N–H and O–H groups in total. The van der Waals surface area contributed by atoms with E-state index in [0.29, 0.717) is 6.42 Å². The van der Waals surface area contributed by atoms with E-state index in [1.165, 1.54) is 23.8 Å². The molecule has 0 aliphatic rings. The van der Waals surface area contributed by atoms with Gasteiger partial charge in [-0.1, -0.05) is 37.3 Å². The van der Waals surface area contributed by atoms with Crippen molar-refractivity contribution in [2.45, 2.75) is 24.7 Å². The van der Waals surface area contributed by atoms with E-state index < -0.39 is 15.8 Å². The summed E-state index contributed by atoms with van der Waals surface area (Å²) in [4.78, 5) is -0.0520. The smallest absolute Gasteiger partial charge is 0.211 e. The molecule has 0 unspecified atom stereocenters. The zero-order valence-electron chi connectivity index (χ0n) is 11.8. The van der Waals surface area contributed by atoms with Crippen molar-refractivity contribution in [1.29, 1.82) is 0 Å². The Morgan fingerprint density at radius 3 is 2.33 bits per heavy atom. The molecule has 2 aromatic carbocycles. The molecule has 5 heteroatoms. The van der Waals surface area contributed by atoms with Crippen LogP contribution in [-0.4, -0.2) is 15.0 Å². The Bertz CT molecular complexity index is 696. The molecule has 0 fully saturated rings. The Morgan fingerprint density at radius 2 is 1.71 bits per heavy atom. The lowest BCUT2D eigenvalue weighted by atomic mass is 10.1. The zero-order chi connectivity index (χ0) is 15.3. The standard InChI is InChI=1S/C16H18FNO2S/c1-2-13-6-8-14(9-7-13)10-11-18-21(19,20)16-5-3-4-15(17)12-16/h3-9,12,18H,2,10-11H2,1H3. The Hall–Kier alpha value is -1.72. The zero-order valence-corrected chi connectivity index (χ0v) is 12.7. The van der Waals surface area contributed by atoms with Crippen LogP contribution in [0, 0.1) is 5.82 Å². The maximum atomic E-state index is 13.1. The van der Waals surface area contributed by atoms with Crippen molar-refractivity contribution in [3.05, 3.63) is 65.5 Å². The number of halogens is 1. The summed E-state index contributed by atoms with van der Waals surface area (Å²) in [6.45, 7) is 2.37. The lowest BCUT2D eigenvalue weighted by Crippen LogP contribution is -2.26. The molecule has 0 amide bonds. The minimum atomic E-state index is -3.66. The predicted octanol–water partition coefficient (Wildman–Crippen LogP) is 2.91. The quantitative estimate of drug-likeness (QED) is 0.892. The molecule has 0 aromatic heterocycles. The van der Waals surface area contributed by atoms with Crippen LogP contribution in [-0.2, 0) is 22.9 Å². The van der Waals surface area contributed by atoms with Gasteiger partial charge >= 0.3 is 0 Å². The van der Waals surface area contributed by atoms with Crippen LogP contribution < -0.4 is 4.72 Å². The summed E-state index contributed by atoms with van der Waals surface area (Å²) in [5.41, 5.74) is 2.31. The van der Waals surface area contributed by atoms with E-state index in [1.807, 2.05) is 24.3 Å². The summed E-state index contributed by atoms with van der Waals surface area (Å²) in [5.74, 6) is -0.562. The van der Waals surface area contributed by atoms with E-state index in [0.717, 1.165) is 18.1 Å². The topological polar surface area (TPSA) is 46.2 Å². The molecular formula is C16H18FNO2S. The second-order valence-corrected chi connectivity index (χ2v) is 6.54. The van der Waals surface area contributed by atoms with Gasteiger partial charge in [-0.3, -0.25) is 0 Å². The average molecular weight is 307 g/mol. The molecule has 0 spiro atoms. The molecule has 0 bridgehead atoms. The molecule has 3 nitrogen and oxygen atoms in total. The van der Waals surface area contributed by atoms with Gasteiger partial charge in [0.25, 0.3) is 0 Å². The number of nitrogens with one attached hydrogen (secondary N) is 1. The third kappa shape index (κ3) is 4.37. The summed E-state index contributed by atoms with van der Waals surface area (Å²) in [6.07, 6.45) is 1.57. The van der Waals surface area contributed by atoms with E-state index in [1.54, 1.807) is 0 Å². The van der Waals surface area contributed by atoms with Crippen LogP contribution in [0.15, 0.2) is 53.4 Å². The highest BCUT2D eigenvalue weighted by molar-refractivity contribution is 7.89. The van der Waals surface area contributed by atoms with E-state index in [2.05, 4.69) is 11.6 Å². The molecule has 0 heterocycles. The fourth-order valence-corrected chi connectivity index (χ4v) is 3.05. The molecule has 2 aromatic rings. The number of hydrogen-bond donors (Lipinski definition) is 1. The number of benzene rings is 2. The maximum Gasteiger partial charge on any atom is 0.240 e. The third-order valence-electron chi connectivity index (χ3n) is 3.24. The van der Waals surface area contributed by atoms with Crippen LogP contribution in [0.25, 0.3) is 0 Å². The predicted molar refractivity (Wildman–Crippen MR) is 81.1 cm³/mol. The first-order valence-electron chi connectivity index (χ1n) is 6.84. The first-order valence-corrected chi connectivity index (χ1v) is 8.32. The fraction of sp³-hybridized carbons (Fsp3) is 0.250. The second kappa shape index (κ2) is 6.83. The molecule has 0 aliphatic carbocycles. The monoisotopic (exact) mass is 307 g/mol. The van der Waals surface area contributed by atoms with Crippen LogP contribution >= 0.6 is 0 Å². The van der Waals surface area contributed by atoms with E-state index in [-0.39, 0.29) is 11.4 Å². The molecule has 0 atom stereocenters. The van der Waals surface area contributed by atoms with E-state index in [9.17, 15) is 12.8 Å². The van der Waals surface area contributed by atoms with Crippen LogP contribution in [0.1, 0.15) is 18.1 Å². The maximum absolute atomic E-state index is 13.1. The molecule has 21 heavy (non-hydrogen) atoms. The van der Waals surface area contributed by atoms with Gasteiger partial charge in [0.1, 0.15) is 5.82 Å². The lowest BCUT2D eigenvalue weighted by Gasteiger charge is -2.07. The first-order chi connectivity index (χ1) is 10.0. The molecule has 0 radical (unpaired) electrons. The van der Waals surface area contributed by atoms with Crippen LogP contribution in [0.4, 0.5) is 4.39 Å². The minimum absolute atomic E-state index is 0.0520. The highest BCUT2D eigenvalue weighted by atomic mass is 32.2. The molecule has 0 saturated heterocycles. The van der Waals surface area contributed by atoms with Gasteiger partial charge in [0.2, 0.25) is 10.0 Å². The number of rotatable bonds is 6. The van der Waals surface area contributed by atoms with Gasteiger partial charge in [0.15, 0.2) is 0 Å². The SMILES string of the molecule is CCc1ccc(CCNS(=O)(=O)c2cccc(F)c2)cc1. The summed E-state index contributed by atoms with van der Waals surface area (Å²) >= 11 is 0. The van der Waals surface area contributed by atoms with Gasteiger partial charge in [0.05, 0.1) is 4.90 Å². The van der Waals surface area contributed by atoms with Gasteiger partial charge < -0.3 is 0 Å². The van der Waals surface area contributed by atoms with Crippen molar-refractivity contribution in [1.82, 2.24) is 4.72 Å². The van der Waals surface area contributed by atoms with E-state index >= 15 is 0 Å². The number of sulfonamides is 1. The third-order valence-corrected chi connectivity index (χ3v) is 4.70. The van der Waals surface area contributed by atoms with Gasteiger partial charge in [-0.05, 0) is 42.2 Å². The highest BCUT2D eigenvalue weighted by Crippen LogP contribution is 2.10.